The molecule has 0 heterocycles. The Morgan fingerprint density at radius 3 is 2.33 bits per heavy atom. The summed E-state index contributed by atoms with van der Waals surface area (Å²) in [4.78, 5) is 12.3. The molecule has 21 heavy (non-hydrogen) atoms. The van der Waals surface area contributed by atoms with Crippen molar-refractivity contribution in [2.24, 2.45) is 0 Å². The van der Waals surface area contributed by atoms with Gasteiger partial charge in [0, 0.05) is 6.04 Å². The lowest BCUT2D eigenvalue weighted by molar-refractivity contribution is -0.122. The van der Waals surface area contributed by atoms with Gasteiger partial charge in [0.1, 0.15) is 6.04 Å². The monoisotopic (exact) mass is 310 g/mol. The number of benzene rings is 1. The van der Waals surface area contributed by atoms with Crippen LogP contribution in [0.1, 0.15) is 31.7 Å². The fourth-order valence-corrected chi connectivity index (χ4v) is 3.49. The quantitative estimate of drug-likeness (QED) is 0.871. The molecule has 1 amide bonds. The van der Waals surface area contributed by atoms with E-state index in [1.54, 1.807) is 12.1 Å². The number of nitrogens with zero attached hydrogens (tertiary/aromatic N) is 1. The lowest BCUT2D eigenvalue weighted by Crippen LogP contribution is -2.49. The van der Waals surface area contributed by atoms with Gasteiger partial charge in [0.05, 0.1) is 11.9 Å². The zero-order chi connectivity index (χ0) is 15.6. The van der Waals surface area contributed by atoms with E-state index < -0.39 is 16.1 Å². The van der Waals surface area contributed by atoms with E-state index in [0.717, 1.165) is 24.7 Å². The summed E-state index contributed by atoms with van der Waals surface area (Å²) in [5.41, 5.74) is 1.57. The summed E-state index contributed by atoms with van der Waals surface area (Å²) in [5.74, 6) is -0.217. The Kier molecular flexibility index (Phi) is 4.56. The van der Waals surface area contributed by atoms with Crippen LogP contribution in [-0.4, -0.2) is 32.7 Å². The molecule has 1 aromatic carbocycles. The summed E-state index contributed by atoms with van der Waals surface area (Å²) in [6.07, 6.45) is 3.52. The van der Waals surface area contributed by atoms with Gasteiger partial charge >= 0.3 is 0 Å². The predicted octanol–water partition coefficient (Wildman–Crippen LogP) is 1.82. The average molecular weight is 310 g/mol. The van der Waals surface area contributed by atoms with Crippen LogP contribution < -0.4 is 9.62 Å². The molecule has 1 fully saturated rings. The van der Waals surface area contributed by atoms with Gasteiger partial charge in [-0.1, -0.05) is 24.6 Å². The largest absolute Gasteiger partial charge is 0.352 e. The van der Waals surface area contributed by atoms with Gasteiger partial charge < -0.3 is 5.32 Å². The molecule has 5 nitrogen and oxygen atoms in total. The average Bonchev–Trinajstić information content (AvgIpc) is 3.19. The molecule has 0 aromatic heterocycles. The molecule has 0 saturated heterocycles. The minimum atomic E-state index is -3.53. The van der Waals surface area contributed by atoms with Gasteiger partial charge in [-0.2, -0.15) is 0 Å². The molecule has 6 heteroatoms. The van der Waals surface area contributed by atoms with Crippen LogP contribution in [0.25, 0.3) is 0 Å². The maximum atomic E-state index is 12.3. The third-order valence-electron chi connectivity index (χ3n) is 3.54. The normalized spacial score (nSPS) is 16.3. The number of aryl methyl sites for hydroxylation is 1. The van der Waals surface area contributed by atoms with Crippen LogP contribution in [0.2, 0.25) is 0 Å². The topological polar surface area (TPSA) is 66.5 Å². The number of rotatable bonds is 6. The highest BCUT2D eigenvalue weighted by atomic mass is 32.2. The van der Waals surface area contributed by atoms with Crippen molar-refractivity contribution in [2.45, 2.75) is 45.2 Å². The first-order chi connectivity index (χ1) is 9.82. The molecule has 1 N–H and O–H groups in total. The molecule has 0 bridgehead atoms. The SMILES string of the molecule is CC[C@H](C(=O)NC1CC1)N(c1ccc(C)cc1)S(C)(=O)=O. The van der Waals surface area contributed by atoms with Crippen molar-refractivity contribution in [1.29, 1.82) is 0 Å². The highest BCUT2D eigenvalue weighted by molar-refractivity contribution is 7.92. The van der Waals surface area contributed by atoms with Crippen LogP contribution in [0.4, 0.5) is 5.69 Å². The highest BCUT2D eigenvalue weighted by Gasteiger charge is 2.34. The first kappa shape index (κ1) is 15.8. The first-order valence-electron chi connectivity index (χ1n) is 7.19. The van der Waals surface area contributed by atoms with Gasteiger partial charge in [0.25, 0.3) is 0 Å². The fourth-order valence-electron chi connectivity index (χ4n) is 2.28. The van der Waals surface area contributed by atoms with Crippen LogP contribution in [0.15, 0.2) is 24.3 Å². The molecule has 1 saturated carbocycles. The zero-order valence-electron chi connectivity index (χ0n) is 12.7. The summed E-state index contributed by atoms with van der Waals surface area (Å²) >= 11 is 0. The van der Waals surface area contributed by atoms with Crippen molar-refractivity contribution in [3.63, 3.8) is 0 Å². The number of carbonyl (C=O) groups is 1. The van der Waals surface area contributed by atoms with Crippen LogP contribution in [-0.2, 0) is 14.8 Å². The fraction of sp³-hybridized carbons (Fsp3) is 0.533. The van der Waals surface area contributed by atoms with E-state index in [9.17, 15) is 13.2 Å². The smallest absolute Gasteiger partial charge is 0.244 e. The summed E-state index contributed by atoms with van der Waals surface area (Å²) in [6.45, 7) is 3.76. The molecule has 0 radical (unpaired) electrons. The van der Waals surface area contributed by atoms with E-state index in [0.29, 0.717) is 12.1 Å². The number of nitrogens with one attached hydrogen (secondary N) is 1. The Morgan fingerprint density at radius 1 is 1.33 bits per heavy atom. The van der Waals surface area contributed by atoms with Gasteiger partial charge in [-0.3, -0.25) is 9.10 Å². The molecule has 0 unspecified atom stereocenters. The highest BCUT2D eigenvalue weighted by Crippen LogP contribution is 2.24. The Bertz CT molecular complexity index is 606. The lowest BCUT2D eigenvalue weighted by atomic mass is 10.1. The minimum absolute atomic E-state index is 0.214. The molecule has 0 spiro atoms. The maximum Gasteiger partial charge on any atom is 0.244 e. The molecule has 2 rings (SSSR count). The van der Waals surface area contributed by atoms with Crippen LogP contribution in [0.3, 0.4) is 0 Å². The number of anilines is 1. The van der Waals surface area contributed by atoms with Gasteiger partial charge in [0.2, 0.25) is 15.9 Å². The zero-order valence-corrected chi connectivity index (χ0v) is 13.5. The van der Waals surface area contributed by atoms with Crippen molar-refractivity contribution in [3.05, 3.63) is 29.8 Å². The predicted molar refractivity (Wildman–Crippen MR) is 83.7 cm³/mol. The van der Waals surface area contributed by atoms with Gasteiger partial charge in [-0.25, -0.2) is 8.42 Å². The van der Waals surface area contributed by atoms with Crippen LogP contribution in [0.5, 0.6) is 0 Å². The third kappa shape index (κ3) is 3.97. The van der Waals surface area contributed by atoms with Gasteiger partial charge in [0.15, 0.2) is 0 Å². The first-order valence-corrected chi connectivity index (χ1v) is 9.04. The van der Waals surface area contributed by atoms with E-state index in [4.69, 9.17) is 0 Å². The Labute approximate surface area is 126 Å². The number of sulfonamides is 1. The molecule has 1 aromatic rings. The number of carbonyl (C=O) groups excluding carboxylic acids is 1. The van der Waals surface area contributed by atoms with Crippen molar-refractivity contribution in [2.75, 3.05) is 10.6 Å². The molecule has 1 aliphatic carbocycles. The third-order valence-corrected chi connectivity index (χ3v) is 4.72. The standard InChI is InChI=1S/C15H22N2O3S/c1-4-14(15(18)16-12-7-8-12)17(21(3,19)20)13-9-5-11(2)6-10-13/h5-6,9-10,12,14H,4,7-8H2,1-3H3,(H,16,18)/t14-/m1/s1. The Balaban J connectivity index is 2.33. The number of amides is 1. The molecule has 1 aliphatic rings. The lowest BCUT2D eigenvalue weighted by Gasteiger charge is -2.30. The van der Waals surface area contributed by atoms with Gasteiger partial charge in [-0.15, -0.1) is 0 Å². The molecule has 1 atom stereocenters. The van der Waals surface area contributed by atoms with Crippen molar-refractivity contribution in [3.8, 4) is 0 Å². The minimum Gasteiger partial charge on any atom is -0.352 e. The molecular weight excluding hydrogens is 288 g/mol. The number of hydrogen-bond donors (Lipinski definition) is 1. The van der Waals surface area contributed by atoms with E-state index in [1.165, 1.54) is 4.31 Å². The van der Waals surface area contributed by atoms with Crippen LogP contribution >= 0.6 is 0 Å². The molecular formula is C15H22N2O3S. The summed E-state index contributed by atoms with van der Waals surface area (Å²) in [5, 5.41) is 2.89. The Morgan fingerprint density at radius 2 is 1.90 bits per heavy atom. The van der Waals surface area contributed by atoms with E-state index >= 15 is 0 Å². The van der Waals surface area contributed by atoms with E-state index in [1.807, 2.05) is 26.0 Å². The van der Waals surface area contributed by atoms with Crippen LogP contribution in [0, 0.1) is 6.92 Å². The molecule has 116 valence electrons. The Hall–Kier alpha value is -1.56. The van der Waals surface area contributed by atoms with E-state index in [2.05, 4.69) is 5.32 Å². The van der Waals surface area contributed by atoms with Crippen molar-refractivity contribution in [1.82, 2.24) is 5.32 Å². The summed E-state index contributed by atoms with van der Waals surface area (Å²) in [7, 11) is -3.53. The van der Waals surface area contributed by atoms with Crippen molar-refractivity contribution < 1.29 is 13.2 Å². The molecule has 0 aliphatic heterocycles. The summed E-state index contributed by atoms with van der Waals surface area (Å²) in [6, 6.07) is 6.68. The second kappa shape index (κ2) is 6.05. The second-order valence-corrected chi connectivity index (χ2v) is 7.46. The van der Waals surface area contributed by atoms with Gasteiger partial charge in [-0.05, 0) is 38.3 Å². The van der Waals surface area contributed by atoms with E-state index in [-0.39, 0.29) is 11.9 Å². The summed E-state index contributed by atoms with van der Waals surface area (Å²) < 4.78 is 25.6. The second-order valence-electron chi connectivity index (χ2n) is 5.60. The number of hydrogen-bond acceptors (Lipinski definition) is 3. The van der Waals surface area contributed by atoms with Crippen molar-refractivity contribution >= 4 is 21.6 Å². The maximum absolute atomic E-state index is 12.3.